The minimum atomic E-state index is -0.534. The topological polar surface area (TPSA) is 67.6 Å². The summed E-state index contributed by atoms with van der Waals surface area (Å²) in [5, 5.41) is 3.44. The number of nitrogens with two attached hydrogens (primary N) is 1. The average molecular weight is 295 g/mol. The van der Waals surface area contributed by atoms with E-state index in [2.05, 4.69) is 17.1 Å². The third kappa shape index (κ3) is 2.96. The third-order valence-electron chi connectivity index (χ3n) is 5.51. The highest BCUT2D eigenvalue weighted by Gasteiger charge is 2.51. The molecule has 3 aliphatic rings. The van der Waals surface area contributed by atoms with E-state index in [-0.39, 0.29) is 5.91 Å². The first kappa shape index (κ1) is 15.3. The quantitative estimate of drug-likeness (QED) is 0.763. The molecule has 0 bridgehead atoms. The Morgan fingerprint density at radius 2 is 2.10 bits per heavy atom. The Morgan fingerprint density at radius 3 is 2.76 bits per heavy atom. The van der Waals surface area contributed by atoms with E-state index >= 15 is 0 Å². The third-order valence-corrected chi connectivity index (χ3v) is 5.51. The molecule has 1 saturated heterocycles. The van der Waals surface area contributed by atoms with Crippen LogP contribution < -0.4 is 11.1 Å². The summed E-state index contributed by atoms with van der Waals surface area (Å²) in [4.78, 5) is 14.7. The molecule has 1 amide bonds. The first-order valence-electron chi connectivity index (χ1n) is 8.58. The molecule has 5 nitrogen and oxygen atoms in total. The number of fused-ring (bicyclic) bond motifs is 1. The van der Waals surface area contributed by atoms with Crippen molar-refractivity contribution >= 4 is 5.91 Å². The molecule has 0 aromatic heterocycles. The van der Waals surface area contributed by atoms with Gasteiger partial charge < -0.3 is 15.8 Å². The van der Waals surface area contributed by atoms with Crippen molar-refractivity contribution in [2.24, 2.45) is 11.7 Å². The molecular weight excluding hydrogens is 266 g/mol. The van der Waals surface area contributed by atoms with Crippen LogP contribution in [0.3, 0.4) is 0 Å². The Kier molecular flexibility index (Phi) is 4.52. The van der Waals surface area contributed by atoms with Crippen LogP contribution in [0.1, 0.15) is 45.4 Å². The van der Waals surface area contributed by atoms with E-state index in [1.54, 1.807) is 0 Å². The molecule has 1 heterocycles. The van der Waals surface area contributed by atoms with Crippen LogP contribution in [-0.4, -0.2) is 54.7 Å². The minimum absolute atomic E-state index is 0.175. The molecule has 2 aliphatic carbocycles. The molecule has 21 heavy (non-hydrogen) atoms. The van der Waals surface area contributed by atoms with Crippen LogP contribution in [0.25, 0.3) is 0 Å². The number of hydrogen-bond donors (Lipinski definition) is 2. The highest BCUT2D eigenvalue weighted by atomic mass is 16.5. The number of amides is 1. The fraction of sp³-hybridized carbons (Fsp3) is 0.938. The fourth-order valence-electron chi connectivity index (χ4n) is 4.28. The number of carbonyl (C=O) groups is 1. The Bertz CT molecular complexity index is 384. The standard InChI is InChI=1S/C16H29N3O2/c1-2-18-16(15(17)20,12-7-8-12)11-19-9-10-21-14-6-4-3-5-13(14)19/h12-14,18H,2-11H2,1H3,(H2,17,20). The van der Waals surface area contributed by atoms with Crippen molar-refractivity contribution in [2.45, 2.75) is 63.1 Å². The van der Waals surface area contributed by atoms with Gasteiger partial charge in [0, 0.05) is 19.1 Å². The van der Waals surface area contributed by atoms with Crippen LogP contribution in [0.2, 0.25) is 0 Å². The molecule has 3 fully saturated rings. The van der Waals surface area contributed by atoms with Crippen molar-refractivity contribution in [3.63, 3.8) is 0 Å². The predicted molar refractivity (Wildman–Crippen MR) is 81.9 cm³/mol. The Morgan fingerprint density at radius 1 is 1.33 bits per heavy atom. The second-order valence-corrected chi connectivity index (χ2v) is 6.87. The number of ether oxygens (including phenoxy) is 1. The predicted octanol–water partition coefficient (Wildman–Crippen LogP) is 0.873. The number of hydrogen-bond acceptors (Lipinski definition) is 4. The molecular formula is C16H29N3O2. The molecule has 2 saturated carbocycles. The lowest BCUT2D eigenvalue weighted by atomic mass is 9.86. The summed E-state index contributed by atoms with van der Waals surface area (Å²) in [5.74, 6) is 0.241. The van der Waals surface area contributed by atoms with Crippen LogP contribution in [0.5, 0.6) is 0 Å². The van der Waals surface area contributed by atoms with Crippen molar-refractivity contribution in [1.29, 1.82) is 0 Å². The molecule has 0 aromatic carbocycles. The lowest BCUT2D eigenvalue weighted by molar-refractivity contribution is -0.131. The zero-order valence-corrected chi connectivity index (χ0v) is 13.1. The van der Waals surface area contributed by atoms with E-state index in [9.17, 15) is 4.79 Å². The van der Waals surface area contributed by atoms with Gasteiger partial charge in [0.25, 0.3) is 0 Å². The van der Waals surface area contributed by atoms with Crippen molar-refractivity contribution in [3.05, 3.63) is 0 Å². The molecule has 3 unspecified atom stereocenters. The number of nitrogens with one attached hydrogen (secondary N) is 1. The summed E-state index contributed by atoms with van der Waals surface area (Å²) in [6, 6.07) is 0.476. The molecule has 120 valence electrons. The van der Waals surface area contributed by atoms with E-state index in [0.29, 0.717) is 18.1 Å². The van der Waals surface area contributed by atoms with Crippen LogP contribution in [0, 0.1) is 5.92 Å². The van der Waals surface area contributed by atoms with E-state index in [4.69, 9.17) is 10.5 Å². The molecule has 0 radical (unpaired) electrons. The van der Waals surface area contributed by atoms with Crippen LogP contribution in [0.15, 0.2) is 0 Å². The number of morpholine rings is 1. The van der Waals surface area contributed by atoms with Gasteiger partial charge in [-0.15, -0.1) is 0 Å². The summed E-state index contributed by atoms with van der Waals surface area (Å²) in [6.45, 7) is 5.31. The first-order chi connectivity index (χ1) is 10.2. The van der Waals surface area contributed by atoms with Crippen LogP contribution in [0.4, 0.5) is 0 Å². The normalized spacial score (nSPS) is 33.2. The van der Waals surface area contributed by atoms with Gasteiger partial charge in [0.2, 0.25) is 5.91 Å². The number of carbonyl (C=O) groups excluding carboxylic acids is 1. The van der Waals surface area contributed by atoms with Crippen molar-refractivity contribution in [3.8, 4) is 0 Å². The molecule has 0 aromatic rings. The van der Waals surface area contributed by atoms with Gasteiger partial charge in [-0.1, -0.05) is 19.8 Å². The van der Waals surface area contributed by atoms with Gasteiger partial charge >= 0.3 is 0 Å². The van der Waals surface area contributed by atoms with E-state index in [1.165, 1.54) is 19.3 Å². The van der Waals surface area contributed by atoms with Gasteiger partial charge in [-0.05, 0) is 38.1 Å². The summed E-state index contributed by atoms with van der Waals surface area (Å²) in [7, 11) is 0. The summed E-state index contributed by atoms with van der Waals surface area (Å²) in [6.07, 6.45) is 7.49. The highest BCUT2D eigenvalue weighted by molar-refractivity contribution is 5.86. The molecule has 3 N–H and O–H groups in total. The van der Waals surface area contributed by atoms with Gasteiger partial charge in [-0.25, -0.2) is 0 Å². The summed E-state index contributed by atoms with van der Waals surface area (Å²) < 4.78 is 5.94. The smallest absolute Gasteiger partial charge is 0.239 e. The van der Waals surface area contributed by atoms with Gasteiger partial charge in [0.15, 0.2) is 0 Å². The Labute approximate surface area is 127 Å². The lowest BCUT2D eigenvalue weighted by Crippen LogP contribution is -2.66. The first-order valence-corrected chi connectivity index (χ1v) is 8.58. The number of rotatable bonds is 6. The van der Waals surface area contributed by atoms with Crippen molar-refractivity contribution in [2.75, 3.05) is 26.2 Å². The van der Waals surface area contributed by atoms with Gasteiger partial charge in [0.1, 0.15) is 5.54 Å². The summed E-state index contributed by atoms with van der Waals surface area (Å²) >= 11 is 0. The van der Waals surface area contributed by atoms with Crippen molar-refractivity contribution < 1.29 is 9.53 Å². The van der Waals surface area contributed by atoms with Crippen LogP contribution >= 0.6 is 0 Å². The molecule has 1 aliphatic heterocycles. The molecule has 0 spiro atoms. The van der Waals surface area contributed by atoms with Gasteiger partial charge in [-0.3, -0.25) is 9.69 Å². The second kappa shape index (κ2) is 6.23. The van der Waals surface area contributed by atoms with E-state index in [1.807, 2.05) is 0 Å². The molecule has 5 heteroatoms. The van der Waals surface area contributed by atoms with Gasteiger partial charge in [0.05, 0.1) is 12.7 Å². The highest BCUT2D eigenvalue weighted by Crippen LogP contribution is 2.41. The van der Waals surface area contributed by atoms with Crippen LogP contribution in [-0.2, 0) is 9.53 Å². The maximum Gasteiger partial charge on any atom is 0.239 e. The van der Waals surface area contributed by atoms with Crippen molar-refractivity contribution in [1.82, 2.24) is 10.2 Å². The average Bonchev–Trinajstić information content (AvgIpc) is 3.32. The van der Waals surface area contributed by atoms with E-state index < -0.39 is 5.54 Å². The summed E-state index contributed by atoms with van der Waals surface area (Å²) in [5.41, 5.74) is 5.29. The molecule has 3 atom stereocenters. The molecule has 3 rings (SSSR count). The SMILES string of the molecule is CCNC(CN1CCOC2CCCCC21)(C(N)=O)C1CC1. The lowest BCUT2D eigenvalue weighted by Gasteiger charge is -2.47. The maximum absolute atomic E-state index is 12.2. The number of likely N-dealkylation sites (N-methyl/N-ethyl adjacent to an activating group) is 1. The monoisotopic (exact) mass is 295 g/mol. The number of nitrogens with zero attached hydrogens (tertiary/aromatic N) is 1. The zero-order valence-electron chi connectivity index (χ0n) is 13.1. The zero-order chi connectivity index (χ0) is 14.9. The number of primary amides is 1. The largest absolute Gasteiger partial charge is 0.375 e. The fourth-order valence-corrected chi connectivity index (χ4v) is 4.28. The Hall–Kier alpha value is -0.650. The maximum atomic E-state index is 12.2. The Balaban J connectivity index is 1.76. The minimum Gasteiger partial charge on any atom is -0.375 e. The van der Waals surface area contributed by atoms with Gasteiger partial charge in [-0.2, -0.15) is 0 Å². The van der Waals surface area contributed by atoms with E-state index in [0.717, 1.165) is 45.5 Å². The second-order valence-electron chi connectivity index (χ2n) is 6.87.